The number of rotatable bonds is 4. The second kappa shape index (κ2) is 5.67. The number of aliphatic hydroxyl groups is 1. The van der Waals surface area contributed by atoms with Crippen LogP contribution in [0.2, 0.25) is 0 Å². The van der Waals surface area contributed by atoms with Gasteiger partial charge >= 0.3 is 0 Å². The zero-order valence-corrected chi connectivity index (χ0v) is 11.0. The summed E-state index contributed by atoms with van der Waals surface area (Å²) in [5.74, 6) is -0.198. The molecule has 5 nitrogen and oxygen atoms in total. The molecule has 5 heteroatoms. The average molecular weight is 259 g/mol. The maximum absolute atomic E-state index is 12.1. The summed E-state index contributed by atoms with van der Waals surface area (Å²) in [6.45, 7) is 1.72. The number of para-hydroxylation sites is 1. The van der Waals surface area contributed by atoms with Crippen LogP contribution >= 0.6 is 0 Å². The molecule has 0 aliphatic heterocycles. The van der Waals surface area contributed by atoms with Gasteiger partial charge in [-0.05, 0) is 25.1 Å². The minimum atomic E-state index is -0.227. The summed E-state index contributed by atoms with van der Waals surface area (Å²) in [7, 11) is 1.66. The third kappa shape index (κ3) is 2.82. The van der Waals surface area contributed by atoms with Gasteiger partial charge in [-0.3, -0.25) is 4.79 Å². The molecule has 0 aliphatic rings. The Hall–Kier alpha value is -2.14. The Balaban J connectivity index is 2.20. The summed E-state index contributed by atoms with van der Waals surface area (Å²) < 4.78 is 1.66. The molecule has 1 aromatic heterocycles. The molecule has 0 radical (unpaired) electrons. The van der Waals surface area contributed by atoms with Crippen LogP contribution in [0, 0.1) is 0 Å². The Morgan fingerprint density at radius 2 is 2.05 bits per heavy atom. The van der Waals surface area contributed by atoms with Gasteiger partial charge in [0.15, 0.2) is 5.69 Å². The molecule has 19 heavy (non-hydrogen) atoms. The summed E-state index contributed by atoms with van der Waals surface area (Å²) in [5.41, 5.74) is 1.27. The lowest BCUT2D eigenvalue weighted by Gasteiger charge is -2.21. The van der Waals surface area contributed by atoms with E-state index in [9.17, 15) is 4.79 Å². The van der Waals surface area contributed by atoms with Crippen LogP contribution < -0.4 is 0 Å². The van der Waals surface area contributed by atoms with Crippen molar-refractivity contribution in [3.8, 4) is 5.69 Å². The first-order valence-electron chi connectivity index (χ1n) is 6.12. The van der Waals surface area contributed by atoms with E-state index in [1.54, 1.807) is 30.9 Å². The van der Waals surface area contributed by atoms with E-state index in [1.807, 2.05) is 30.3 Å². The zero-order valence-electron chi connectivity index (χ0n) is 11.0. The maximum Gasteiger partial charge on any atom is 0.274 e. The van der Waals surface area contributed by atoms with Crippen molar-refractivity contribution in [2.45, 2.75) is 13.0 Å². The summed E-state index contributed by atoms with van der Waals surface area (Å²) >= 11 is 0. The van der Waals surface area contributed by atoms with Crippen molar-refractivity contribution in [2.75, 3.05) is 13.7 Å². The van der Waals surface area contributed by atoms with Gasteiger partial charge in [0.05, 0.1) is 18.3 Å². The Morgan fingerprint density at radius 1 is 1.37 bits per heavy atom. The van der Waals surface area contributed by atoms with Crippen LogP contribution in [0.3, 0.4) is 0 Å². The molecule has 2 aromatic rings. The first-order chi connectivity index (χ1) is 9.13. The minimum Gasteiger partial charge on any atom is -0.394 e. The van der Waals surface area contributed by atoms with Crippen molar-refractivity contribution in [3.63, 3.8) is 0 Å². The number of aliphatic hydroxyl groups excluding tert-OH is 1. The molecule has 1 atom stereocenters. The minimum absolute atomic E-state index is 0.0678. The SMILES string of the molecule is CC(CO)N(C)C(=O)c1ccn(-c2ccccc2)n1. The van der Waals surface area contributed by atoms with Gasteiger partial charge in [-0.2, -0.15) is 5.10 Å². The number of nitrogens with zero attached hydrogens (tertiary/aromatic N) is 3. The molecule has 0 spiro atoms. The number of aromatic nitrogens is 2. The smallest absolute Gasteiger partial charge is 0.274 e. The lowest BCUT2D eigenvalue weighted by Crippen LogP contribution is -2.37. The second-order valence-corrected chi connectivity index (χ2v) is 4.43. The molecule has 1 aromatic carbocycles. The van der Waals surface area contributed by atoms with Gasteiger partial charge in [0, 0.05) is 13.2 Å². The van der Waals surface area contributed by atoms with Gasteiger partial charge in [0.25, 0.3) is 5.91 Å². The molecule has 2 rings (SSSR count). The van der Waals surface area contributed by atoms with Crippen molar-refractivity contribution in [1.82, 2.24) is 14.7 Å². The zero-order chi connectivity index (χ0) is 13.8. The number of hydrogen-bond acceptors (Lipinski definition) is 3. The lowest BCUT2D eigenvalue weighted by atomic mass is 10.3. The fraction of sp³-hybridized carbons (Fsp3) is 0.286. The summed E-state index contributed by atoms with van der Waals surface area (Å²) in [4.78, 5) is 13.6. The third-order valence-electron chi connectivity index (χ3n) is 3.07. The van der Waals surface area contributed by atoms with E-state index >= 15 is 0 Å². The van der Waals surface area contributed by atoms with E-state index in [0.29, 0.717) is 5.69 Å². The highest BCUT2D eigenvalue weighted by atomic mass is 16.3. The molecule has 100 valence electrons. The van der Waals surface area contributed by atoms with Crippen molar-refractivity contribution in [2.24, 2.45) is 0 Å². The Morgan fingerprint density at radius 3 is 2.68 bits per heavy atom. The fourth-order valence-electron chi connectivity index (χ4n) is 1.67. The highest BCUT2D eigenvalue weighted by Crippen LogP contribution is 2.09. The van der Waals surface area contributed by atoms with E-state index < -0.39 is 0 Å². The van der Waals surface area contributed by atoms with Gasteiger partial charge in [-0.1, -0.05) is 18.2 Å². The van der Waals surface area contributed by atoms with Gasteiger partial charge in [0.1, 0.15) is 0 Å². The molecule has 1 N–H and O–H groups in total. The molecule has 0 saturated heterocycles. The summed E-state index contributed by atoms with van der Waals surface area (Å²) in [6, 6.07) is 11.0. The fourth-order valence-corrected chi connectivity index (χ4v) is 1.67. The van der Waals surface area contributed by atoms with Gasteiger partial charge in [-0.25, -0.2) is 4.68 Å². The predicted octanol–water partition coefficient (Wildman–Crippen LogP) is 1.33. The lowest BCUT2D eigenvalue weighted by molar-refractivity contribution is 0.0676. The normalized spacial score (nSPS) is 12.2. The number of benzene rings is 1. The van der Waals surface area contributed by atoms with Crippen LogP contribution in [0.5, 0.6) is 0 Å². The van der Waals surface area contributed by atoms with E-state index in [4.69, 9.17) is 5.11 Å². The van der Waals surface area contributed by atoms with Gasteiger partial charge in [0.2, 0.25) is 0 Å². The van der Waals surface area contributed by atoms with E-state index in [2.05, 4.69) is 5.10 Å². The summed E-state index contributed by atoms with van der Waals surface area (Å²) in [6.07, 6.45) is 1.75. The monoisotopic (exact) mass is 259 g/mol. The van der Waals surface area contributed by atoms with E-state index in [1.165, 1.54) is 4.90 Å². The molecule has 1 heterocycles. The van der Waals surface area contributed by atoms with Crippen molar-refractivity contribution in [3.05, 3.63) is 48.3 Å². The molecule has 0 fully saturated rings. The predicted molar refractivity (Wildman–Crippen MR) is 72.2 cm³/mol. The van der Waals surface area contributed by atoms with Crippen LogP contribution in [-0.2, 0) is 0 Å². The van der Waals surface area contributed by atoms with Gasteiger partial charge in [-0.15, -0.1) is 0 Å². The average Bonchev–Trinajstić information content (AvgIpc) is 2.95. The van der Waals surface area contributed by atoms with E-state index in [0.717, 1.165) is 5.69 Å². The second-order valence-electron chi connectivity index (χ2n) is 4.43. The first kappa shape index (κ1) is 13.3. The molecule has 1 amide bonds. The number of hydrogen-bond donors (Lipinski definition) is 1. The highest BCUT2D eigenvalue weighted by Gasteiger charge is 2.19. The molecule has 0 saturated carbocycles. The maximum atomic E-state index is 12.1. The largest absolute Gasteiger partial charge is 0.394 e. The third-order valence-corrected chi connectivity index (χ3v) is 3.07. The van der Waals surface area contributed by atoms with Crippen molar-refractivity contribution < 1.29 is 9.90 Å². The molecular weight excluding hydrogens is 242 g/mol. The molecule has 1 unspecified atom stereocenters. The quantitative estimate of drug-likeness (QED) is 0.901. The number of carbonyl (C=O) groups excluding carboxylic acids is 1. The van der Waals surface area contributed by atoms with Crippen molar-refractivity contribution in [1.29, 1.82) is 0 Å². The first-order valence-corrected chi connectivity index (χ1v) is 6.12. The van der Waals surface area contributed by atoms with Crippen LogP contribution in [-0.4, -0.2) is 45.4 Å². The number of amides is 1. The topological polar surface area (TPSA) is 58.4 Å². The van der Waals surface area contributed by atoms with Gasteiger partial charge < -0.3 is 10.0 Å². The Kier molecular flexibility index (Phi) is 3.97. The van der Waals surface area contributed by atoms with Crippen LogP contribution in [0.15, 0.2) is 42.6 Å². The molecule has 0 bridgehead atoms. The molecular formula is C14H17N3O2. The summed E-state index contributed by atoms with van der Waals surface area (Å²) in [5, 5.41) is 13.3. The standard InChI is InChI=1S/C14H17N3O2/c1-11(10-18)16(2)14(19)13-8-9-17(15-13)12-6-4-3-5-7-12/h3-9,11,18H,10H2,1-2H3. The highest BCUT2D eigenvalue weighted by molar-refractivity contribution is 5.92. The van der Waals surface area contributed by atoms with E-state index in [-0.39, 0.29) is 18.6 Å². The number of carbonyl (C=O) groups is 1. The van der Waals surface area contributed by atoms with Crippen LogP contribution in [0.4, 0.5) is 0 Å². The molecule has 0 aliphatic carbocycles. The van der Waals surface area contributed by atoms with Crippen molar-refractivity contribution >= 4 is 5.91 Å². The Labute approximate surface area is 112 Å². The van der Waals surface area contributed by atoms with Crippen LogP contribution in [0.1, 0.15) is 17.4 Å². The Bertz CT molecular complexity index is 551. The number of likely N-dealkylation sites (N-methyl/N-ethyl adjacent to an activating group) is 1. The van der Waals surface area contributed by atoms with Crippen LogP contribution in [0.25, 0.3) is 5.69 Å².